The highest BCUT2D eigenvalue weighted by molar-refractivity contribution is 7.97. The zero-order valence-electron chi connectivity index (χ0n) is 18.2. The second kappa shape index (κ2) is 11.7. The number of nitrogens with one attached hydrogen (secondary N) is 2. The number of likely N-dealkylation sites (tertiary alicyclic amines) is 1. The molecule has 4 N–H and O–H groups in total. The van der Waals surface area contributed by atoms with Crippen molar-refractivity contribution < 1.29 is 9.59 Å². The first-order chi connectivity index (χ1) is 15.8. The highest BCUT2D eigenvalue weighted by Gasteiger charge is 2.30. The van der Waals surface area contributed by atoms with Crippen LogP contribution < -0.4 is 15.8 Å². The monoisotopic (exact) mass is 508 g/mol. The molecule has 3 rings (SSSR count). The molecule has 8 nitrogen and oxygen atoms in total. The van der Waals surface area contributed by atoms with Crippen LogP contribution in [0.4, 0.5) is 5.69 Å². The topological polar surface area (TPSA) is 116 Å². The van der Waals surface area contributed by atoms with Crippen LogP contribution in [-0.4, -0.2) is 47.5 Å². The highest BCUT2D eigenvalue weighted by Crippen LogP contribution is 2.32. The van der Waals surface area contributed by atoms with Crippen molar-refractivity contribution in [1.29, 1.82) is 5.26 Å². The number of nitrogens with zero attached hydrogens (tertiary/aromatic N) is 3. The molecule has 0 saturated carbocycles. The van der Waals surface area contributed by atoms with Gasteiger partial charge in [0.1, 0.15) is 11.8 Å². The SMILES string of the molecule is CNC(=O)C1CCN(C(=O)C(CCn2cccc2C#N)NSc2cc(Cl)c(N)c(Cl)c2)CC1. The molecule has 2 amide bonds. The summed E-state index contributed by atoms with van der Waals surface area (Å²) in [5, 5.41) is 12.6. The van der Waals surface area contributed by atoms with Gasteiger partial charge >= 0.3 is 0 Å². The third kappa shape index (κ3) is 6.36. The molecule has 0 aliphatic carbocycles. The van der Waals surface area contributed by atoms with Gasteiger partial charge in [0, 0.05) is 43.7 Å². The van der Waals surface area contributed by atoms with Crippen LogP contribution >= 0.6 is 35.1 Å². The van der Waals surface area contributed by atoms with Gasteiger partial charge in [-0.2, -0.15) is 5.26 Å². The summed E-state index contributed by atoms with van der Waals surface area (Å²) < 4.78 is 5.06. The lowest BCUT2D eigenvalue weighted by Crippen LogP contribution is -2.49. The molecule has 33 heavy (non-hydrogen) atoms. The van der Waals surface area contributed by atoms with E-state index in [9.17, 15) is 14.9 Å². The second-order valence-corrected chi connectivity index (χ2v) is 9.50. The second-order valence-electron chi connectivity index (χ2n) is 7.77. The summed E-state index contributed by atoms with van der Waals surface area (Å²) in [5.41, 5.74) is 6.66. The fourth-order valence-electron chi connectivity index (χ4n) is 3.76. The molecular weight excluding hydrogens is 483 g/mol. The fraction of sp³-hybridized carbons (Fsp3) is 0.409. The lowest BCUT2D eigenvalue weighted by molar-refractivity contribution is -0.137. The molecule has 1 aliphatic rings. The largest absolute Gasteiger partial charge is 0.396 e. The Labute approximate surface area is 207 Å². The Morgan fingerprint density at radius 2 is 1.97 bits per heavy atom. The number of piperidine rings is 1. The Hall–Kier alpha value is -2.38. The number of nitrogens with two attached hydrogens (primary N) is 1. The van der Waals surface area contributed by atoms with Crippen molar-refractivity contribution in [1.82, 2.24) is 19.5 Å². The number of hydrogen-bond donors (Lipinski definition) is 3. The van der Waals surface area contributed by atoms with Crippen LogP contribution in [0.1, 0.15) is 25.0 Å². The average molecular weight is 509 g/mol. The highest BCUT2D eigenvalue weighted by atomic mass is 35.5. The predicted molar refractivity (Wildman–Crippen MR) is 131 cm³/mol. The van der Waals surface area contributed by atoms with Crippen LogP contribution in [0.15, 0.2) is 35.4 Å². The summed E-state index contributed by atoms with van der Waals surface area (Å²) in [4.78, 5) is 27.8. The van der Waals surface area contributed by atoms with E-state index >= 15 is 0 Å². The number of aryl methyl sites for hydroxylation is 1. The number of halogens is 2. The summed E-state index contributed by atoms with van der Waals surface area (Å²) in [6, 6.07) is 8.56. The van der Waals surface area contributed by atoms with Gasteiger partial charge < -0.3 is 20.5 Å². The van der Waals surface area contributed by atoms with Crippen molar-refractivity contribution in [2.75, 3.05) is 25.9 Å². The van der Waals surface area contributed by atoms with E-state index in [4.69, 9.17) is 28.9 Å². The Morgan fingerprint density at radius 3 is 2.58 bits per heavy atom. The van der Waals surface area contributed by atoms with E-state index in [-0.39, 0.29) is 17.7 Å². The van der Waals surface area contributed by atoms with Crippen molar-refractivity contribution in [3.05, 3.63) is 46.2 Å². The van der Waals surface area contributed by atoms with Crippen molar-refractivity contribution in [3.8, 4) is 6.07 Å². The Balaban J connectivity index is 1.70. The van der Waals surface area contributed by atoms with Gasteiger partial charge in [-0.25, -0.2) is 4.72 Å². The van der Waals surface area contributed by atoms with Crippen molar-refractivity contribution in [3.63, 3.8) is 0 Å². The van der Waals surface area contributed by atoms with Crippen LogP contribution in [0.2, 0.25) is 10.0 Å². The number of nitrogen functional groups attached to an aromatic ring is 1. The molecule has 1 saturated heterocycles. The molecule has 0 spiro atoms. The Kier molecular flexibility index (Phi) is 8.92. The summed E-state index contributed by atoms with van der Waals surface area (Å²) in [6.45, 7) is 1.54. The number of carbonyl (C=O) groups is 2. The third-order valence-electron chi connectivity index (χ3n) is 5.70. The molecule has 1 unspecified atom stereocenters. The zero-order valence-corrected chi connectivity index (χ0v) is 20.5. The van der Waals surface area contributed by atoms with E-state index in [2.05, 4.69) is 16.1 Å². The lowest BCUT2D eigenvalue weighted by atomic mass is 9.95. The van der Waals surface area contributed by atoms with Gasteiger partial charge in [0.05, 0.1) is 21.8 Å². The maximum Gasteiger partial charge on any atom is 0.240 e. The number of aromatic nitrogens is 1. The minimum atomic E-state index is -0.518. The zero-order chi connectivity index (χ0) is 24.0. The minimum absolute atomic E-state index is 0.0149. The van der Waals surface area contributed by atoms with E-state index in [0.717, 1.165) is 4.90 Å². The van der Waals surface area contributed by atoms with E-state index < -0.39 is 6.04 Å². The normalized spacial score (nSPS) is 15.2. The number of benzene rings is 1. The maximum atomic E-state index is 13.4. The molecule has 0 bridgehead atoms. The van der Waals surface area contributed by atoms with Crippen LogP contribution in [0.25, 0.3) is 0 Å². The standard InChI is InChI=1S/C22H26Cl2N6O2S/c1-27-21(31)14-4-8-30(9-5-14)22(32)19(6-10-29-7-2-3-15(29)13-25)28-33-16-11-17(23)20(26)18(24)12-16/h2-3,7,11-12,14,19,28H,4-6,8-10,26H2,1H3,(H,27,31). The number of hydrogen-bond acceptors (Lipinski definition) is 6. The summed E-state index contributed by atoms with van der Waals surface area (Å²) in [5.74, 6) is -0.103. The van der Waals surface area contributed by atoms with E-state index in [1.54, 1.807) is 36.2 Å². The Morgan fingerprint density at radius 1 is 1.30 bits per heavy atom. The van der Waals surface area contributed by atoms with Crippen LogP contribution in [0.3, 0.4) is 0 Å². The van der Waals surface area contributed by atoms with E-state index in [0.29, 0.717) is 60.3 Å². The molecule has 1 fully saturated rings. The summed E-state index contributed by atoms with van der Waals surface area (Å²) in [7, 11) is 1.63. The number of nitriles is 1. The molecule has 1 atom stereocenters. The Bertz CT molecular complexity index is 1020. The molecular formula is C22H26Cl2N6O2S. The van der Waals surface area contributed by atoms with Crippen LogP contribution in [0, 0.1) is 17.2 Å². The fourth-order valence-corrected chi connectivity index (χ4v) is 5.22. The predicted octanol–water partition coefficient (Wildman–Crippen LogP) is 3.29. The maximum absolute atomic E-state index is 13.4. The number of anilines is 1. The van der Waals surface area contributed by atoms with Crippen molar-refractivity contribution >= 4 is 52.7 Å². The number of amides is 2. The van der Waals surface area contributed by atoms with E-state index in [1.165, 1.54) is 11.9 Å². The average Bonchev–Trinajstić information content (AvgIpc) is 3.29. The van der Waals surface area contributed by atoms with E-state index in [1.807, 2.05) is 10.8 Å². The van der Waals surface area contributed by atoms with Gasteiger partial charge in [0.25, 0.3) is 0 Å². The first-order valence-corrected chi connectivity index (χ1v) is 12.1. The molecule has 2 heterocycles. The van der Waals surface area contributed by atoms with Gasteiger partial charge in [-0.1, -0.05) is 23.2 Å². The molecule has 0 radical (unpaired) electrons. The first kappa shape index (κ1) is 25.2. The molecule has 1 aromatic heterocycles. The molecule has 1 aromatic carbocycles. The first-order valence-electron chi connectivity index (χ1n) is 10.6. The van der Waals surface area contributed by atoms with Crippen molar-refractivity contribution in [2.45, 2.75) is 36.7 Å². The molecule has 2 aromatic rings. The van der Waals surface area contributed by atoms with Crippen molar-refractivity contribution in [2.24, 2.45) is 5.92 Å². The molecule has 176 valence electrons. The summed E-state index contributed by atoms with van der Waals surface area (Å²) in [6.07, 6.45) is 3.55. The van der Waals surface area contributed by atoms with Gasteiger partial charge in [-0.15, -0.1) is 0 Å². The number of rotatable bonds is 8. The smallest absolute Gasteiger partial charge is 0.240 e. The quantitative estimate of drug-likeness (QED) is 0.372. The molecule has 11 heteroatoms. The van der Waals surface area contributed by atoms with Crippen LogP contribution in [0.5, 0.6) is 0 Å². The van der Waals surface area contributed by atoms with Gasteiger partial charge in [0.2, 0.25) is 11.8 Å². The van der Waals surface area contributed by atoms with Gasteiger partial charge in [-0.05, 0) is 55.5 Å². The lowest BCUT2D eigenvalue weighted by Gasteiger charge is -2.33. The minimum Gasteiger partial charge on any atom is -0.396 e. The summed E-state index contributed by atoms with van der Waals surface area (Å²) >= 11 is 13.5. The van der Waals surface area contributed by atoms with Gasteiger partial charge in [-0.3, -0.25) is 9.59 Å². The number of carbonyl (C=O) groups excluding carboxylic acids is 2. The van der Waals surface area contributed by atoms with Gasteiger partial charge in [0.15, 0.2) is 0 Å². The molecule has 1 aliphatic heterocycles. The third-order valence-corrected chi connectivity index (χ3v) is 7.20. The van der Waals surface area contributed by atoms with Crippen LogP contribution in [-0.2, 0) is 16.1 Å².